The highest BCUT2D eigenvalue weighted by molar-refractivity contribution is 5.77. The number of alkyl halides is 3. The van der Waals surface area contributed by atoms with E-state index in [4.69, 9.17) is 0 Å². The molecule has 6 nitrogen and oxygen atoms in total. The van der Waals surface area contributed by atoms with Crippen LogP contribution in [-0.2, 0) is 16.0 Å². The lowest BCUT2D eigenvalue weighted by Gasteiger charge is -2.47. The number of carbonyl (C=O) groups excluding carboxylic acids is 2. The minimum atomic E-state index is -4.30. The van der Waals surface area contributed by atoms with Crippen molar-refractivity contribution < 1.29 is 22.8 Å². The number of halogens is 3. The lowest BCUT2D eigenvalue weighted by molar-refractivity contribution is -0.151. The highest BCUT2D eigenvalue weighted by atomic mass is 19.4. The molecule has 0 aliphatic carbocycles. The molecule has 2 saturated heterocycles. The number of carbonyl (C=O) groups is 2. The molecule has 1 aromatic heterocycles. The minimum absolute atomic E-state index is 0.0251. The summed E-state index contributed by atoms with van der Waals surface area (Å²) in [6, 6.07) is 0. The quantitative estimate of drug-likeness (QED) is 0.846. The van der Waals surface area contributed by atoms with Crippen LogP contribution in [0.2, 0.25) is 0 Å². The highest BCUT2D eigenvalue weighted by Crippen LogP contribution is 2.40. The Morgan fingerprint density at radius 3 is 2.63 bits per heavy atom. The molecular formula is C18H25F3N4O2. The van der Waals surface area contributed by atoms with Crippen molar-refractivity contribution in [2.75, 3.05) is 26.2 Å². The van der Waals surface area contributed by atoms with E-state index in [9.17, 15) is 22.8 Å². The third-order valence-electron chi connectivity index (χ3n) is 5.75. The Hall–Kier alpha value is -2.06. The Morgan fingerprint density at radius 1 is 1.26 bits per heavy atom. The monoisotopic (exact) mass is 386 g/mol. The van der Waals surface area contributed by atoms with Crippen molar-refractivity contribution in [3.63, 3.8) is 0 Å². The molecule has 3 heterocycles. The second-order valence-electron chi connectivity index (χ2n) is 7.64. The van der Waals surface area contributed by atoms with Gasteiger partial charge in [0.15, 0.2) is 0 Å². The Balaban J connectivity index is 1.50. The SMILES string of the molecule is O=C(CCC(F)(F)F)N1CCC2(CCC(=O)N(CCc3cnc[nH]3)C2)CC1. The van der Waals surface area contributed by atoms with Gasteiger partial charge in [-0.1, -0.05) is 0 Å². The number of nitrogens with one attached hydrogen (secondary N) is 1. The molecule has 1 aromatic rings. The van der Waals surface area contributed by atoms with Gasteiger partial charge in [0.1, 0.15) is 0 Å². The van der Waals surface area contributed by atoms with Crippen LogP contribution in [0.4, 0.5) is 13.2 Å². The Morgan fingerprint density at radius 2 is 2.00 bits per heavy atom. The van der Waals surface area contributed by atoms with E-state index in [-0.39, 0.29) is 11.3 Å². The average Bonchev–Trinajstić information content (AvgIpc) is 3.14. The Kier molecular flexibility index (Phi) is 5.76. The zero-order valence-corrected chi connectivity index (χ0v) is 15.2. The topological polar surface area (TPSA) is 69.3 Å². The van der Waals surface area contributed by atoms with E-state index in [1.807, 2.05) is 4.90 Å². The number of nitrogens with zero attached hydrogens (tertiary/aromatic N) is 3. The van der Waals surface area contributed by atoms with Crippen molar-refractivity contribution in [2.45, 2.75) is 51.1 Å². The maximum absolute atomic E-state index is 12.3. The Labute approximate surface area is 156 Å². The maximum Gasteiger partial charge on any atom is 0.389 e. The largest absolute Gasteiger partial charge is 0.389 e. The summed E-state index contributed by atoms with van der Waals surface area (Å²) in [5, 5.41) is 0. The van der Waals surface area contributed by atoms with E-state index < -0.39 is 24.9 Å². The highest BCUT2D eigenvalue weighted by Gasteiger charge is 2.41. The fourth-order valence-corrected chi connectivity index (χ4v) is 4.03. The zero-order chi connectivity index (χ0) is 19.5. The van der Waals surface area contributed by atoms with Gasteiger partial charge in [0, 0.05) is 57.3 Å². The molecular weight excluding hydrogens is 361 g/mol. The molecule has 1 spiro atoms. The van der Waals surface area contributed by atoms with Crippen LogP contribution in [0.1, 0.15) is 44.2 Å². The van der Waals surface area contributed by atoms with E-state index >= 15 is 0 Å². The number of amides is 2. The molecule has 9 heteroatoms. The molecule has 3 rings (SSSR count). The van der Waals surface area contributed by atoms with E-state index in [0.29, 0.717) is 39.0 Å². The van der Waals surface area contributed by atoms with Gasteiger partial charge in [-0.2, -0.15) is 13.2 Å². The first-order chi connectivity index (χ1) is 12.8. The van der Waals surface area contributed by atoms with Gasteiger partial charge in [-0.05, 0) is 24.7 Å². The molecule has 2 fully saturated rings. The number of aromatic nitrogens is 2. The lowest BCUT2D eigenvalue weighted by atomic mass is 9.72. The minimum Gasteiger partial charge on any atom is -0.348 e. The summed E-state index contributed by atoms with van der Waals surface area (Å²) < 4.78 is 36.9. The average molecular weight is 386 g/mol. The molecule has 0 radical (unpaired) electrons. The second kappa shape index (κ2) is 7.90. The van der Waals surface area contributed by atoms with Crippen molar-refractivity contribution >= 4 is 11.8 Å². The number of piperidine rings is 2. The molecule has 150 valence electrons. The van der Waals surface area contributed by atoms with Gasteiger partial charge in [0.05, 0.1) is 12.7 Å². The molecule has 0 saturated carbocycles. The summed E-state index contributed by atoms with van der Waals surface area (Å²) in [4.78, 5) is 34.7. The Bertz CT molecular complexity index is 652. The lowest BCUT2D eigenvalue weighted by Crippen LogP contribution is -2.52. The predicted octanol–water partition coefficient (Wildman–Crippen LogP) is 2.53. The molecule has 0 atom stereocenters. The summed E-state index contributed by atoms with van der Waals surface area (Å²) in [7, 11) is 0. The van der Waals surface area contributed by atoms with E-state index in [2.05, 4.69) is 9.97 Å². The number of aromatic amines is 1. The third-order valence-corrected chi connectivity index (χ3v) is 5.75. The molecule has 0 bridgehead atoms. The number of H-pyrrole nitrogens is 1. The fourth-order valence-electron chi connectivity index (χ4n) is 4.03. The van der Waals surface area contributed by atoms with Gasteiger partial charge in [-0.25, -0.2) is 4.98 Å². The van der Waals surface area contributed by atoms with Crippen molar-refractivity contribution in [3.05, 3.63) is 18.2 Å². The van der Waals surface area contributed by atoms with Crippen LogP contribution in [0.5, 0.6) is 0 Å². The predicted molar refractivity (Wildman–Crippen MR) is 91.6 cm³/mol. The van der Waals surface area contributed by atoms with Gasteiger partial charge in [0.25, 0.3) is 0 Å². The third kappa shape index (κ3) is 5.23. The first kappa shape index (κ1) is 19.7. The van der Waals surface area contributed by atoms with Crippen LogP contribution >= 0.6 is 0 Å². The normalized spacial score (nSPS) is 20.3. The first-order valence-corrected chi connectivity index (χ1v) is 9.36. The van der Waals surface area contributed by atoms with Crippen LogP contribution in [0.3, 0.4) is 0 Å². The number of hydrogen-bond donors (Lipinski definition) is 1. The molecule has 0 unspecified atom stereocenters. The smallest absolute Gasteiger partial charge is 0.348 e. The first-order valence-electron chi connectivity index (χ1n) is 9.36. The summed E-state index contributed by atoms with van der Waals surface area (Å²) in [5.41, 5.74) is 0.954. The molecule has 0 aromatic carbocycles. The van der Waals surface area contributed by atoms with Crippen molar-refractivity contribution in [3.8, 4) is 0 Å². The van der Waals surface area contributed by atoms with Crippen LogP contribution in [-0.4, -0.2) is 63.9 Å². The zero-order valence-electron chi connectivity index (χ0n) is 15.2. The van der Waals surface area contributed by atoms with Gasteiger partial charge in [0.2, 0.25) is 11.8 Å². The van der Waals surface area contributed by atoms with Crippen molar-refractivity contribution in [1.29, 1.82) is 0 Å². The standard InChI is InChI=1S/C18H25F3N4O2/c19-18(20,21)5-2-15(26)24-9-6-17(7-10-24)4-1-16(27)25(12-17)8-3-14-11-22-13-23-14/h11,13H,1-10,12H2,(H,22,23). The summed E-state index contributed by atoms with van der Waals surface area (Å²) in [6.45, 7) is 2.22. The van der Waals surface area contributed by atoms with Gasteiger partial charge in [-0.3, -0.25) is 9.59 Å². The fraction of sp³-hybridized carbons (Fsp3) is 0.722. The van der Waals surface area contributed by atoms with Crippen molar-refractivity contribution in [2.24, 2.45) is 5.41 Å². The summed E-state index contributed by atoms with van der Waals surface area (Å²) in [5.74, 6) is -0.283. The summed E-state index contributed by atoms with van der Waals surface area (Å²) >= 11 is 0. The van der Waals surface area contributed by atoms with Crippen molar-refractivity contribution in [1.82, 2.24) is 19.8 Å². The molecule has 1 N–H and O–H groups in total. The van der Waals surface area contributed by atoms with Crippen LogP contribution in [0, 0.1) is 5.41 Å². The van der Waals surface area contributed by atoms with E-state index in [1.165, 1.54) is 0 Å². The number of hydrogen-bond acceptors (Lipinski definition) is 3. The second-order valence-corrected chi connectivity index (χ2v) is 7.64. The molecule has 27 heavy (non-hydrogen) atoms. The molecule has 2 amide bonds. The summed E-state index contributed by atoms with van der Waals surface area (Å²) in [6.07, 6.45) is 0.971. The van der Waals surface area contributed by atoms with Gasteiger partial charge < -0.3 is 14.8 Å². The van der Waals surface area contributed by atoms with Crippen LogP contribution in [0.15, 0.2) is 12.5 Å². The molecule has 2 aliphatic rings. The number of rotatable bonds is 5. The van der Waals surface area contributed by atoms with Gasteiger partial charge >= 0.3 is 6.18 Å². The van der Waals surface area contributed by atoms with Crippen LogP contribution < -0.4 is 0 Å². The molecule has 2 aliphatic heterocycles. The van der Waals surface area contributed by atoms with Gasteiger partial charge in [-0.15, -0.1) is 0 Å². The van der Waals surface area contributed by atoms with Crippen LogP contribution in [0.25, 0.3) is 0 Å². The van der Waals surface area contributed by atoms with E-state index in [1.54, 1.807) is 17.4 Å². The number of imidazole rings is 1. The number of likely N-dealkylation sites (tertiary alicyclic amines) is 2. The van der Waals surface area contributed by atoms with E-state index in [0.717, 1.165) is 25.0 Å². The maximum atomic E-state index is 12.3.